The molecule has 0 N–H and O–H groups in total. The second-order valence-electron chi connectivity index (χ2n) is 6.56. The van der Waals surface area contributed by atoms with Crippen molar-refractivity contribution in [3.63, 3.8) is 0 Å². The standard InChI is InChI=1S/C23H17ClN2S/c1-2-15-8-10-17(11-9-15)22-21(16-6-4-3-5-7-16)25-23-26(22)19-13-12-18(24)14-20(19)27-23/h3-14H,2H2,1H3. The van der Waals surface area contributed by atoms with Crippen molar-refractivity contribution < 1.29 is 0 Å². The largest absolute Gasteiger partial charge is 0.282 e. The quantitative estimate of drug-likeness (QED) is 0.322. The van der Waals surface area contributed by atoms with E-state index >= 15 is 0 Å². The summed E-state index contributed by atoms with van der Waals surface area (Å²) in [6.45, 7) is 2.18. The molecule has 3 aromatic carbocycles. The molecule has 2 nitrogen and oxygen atoms in total. The van der Waals surface area contributed by atoms with Crippen molar-refractivity contribution in [3.05, 3.63) is 83.4 Å². The highest BCUT2D eigenvalue weighted by Gasteiger charge is 2.19. The van der Waals surface area contributed by atoms with Crippen LogP contribution in [0.1, 0.15) is 12.5 Å². The molecule has 5 aromatic rings. The highest BCUT2D eigenvalue weighted by Crippen LogP contribution is 2.39. The Labute approximate surface area is 166 Å². The molecule has 0 saturated heterocycles. The van der Waals surface area contributed by atoms with Crippen molar-refractivity contribution in [1.29, 1.82) is 0 Å². The van der Waals surface area contributed by atoms with Crippen LogP contribution in [0.3, 0.4) is 0 Å². The van der Waals surface area contributed by atoms with E-state index < -0.39 is 0 Å². The molecular weight excluding hydrogens is 372 g/mol. The van der Waals surface area contributed by atoms with E-state index in [1.165, 1.54) is 11.1 Å². The van der Waals surface area contributed by atoms with Gasteiger partial charge in [-0.25, -0.2) is 4.98 Å². The smallest absolute Gasteiger partial charge is 0.195 e. The lowest BCUT2D eigenvalue weighted by Crippen LogP contribution is -1.90. The van der Waals surface area contributed by atoms with Gasteiger partial charge in [0.05, 0.1) is 21.6 Å². The van der Waals surface area contributed by atoms with Gasteiger partial charge in [-0.1, -0.05) is 84.5 Å². The van der Waals surface area contributed by atoms with Gasteiger partial charge in [-0.3, -0.25) is 4.40 Å². The van der Waals surface area contributed by atoms with Crippen molar-refractivity contribution in [2.24, 2.45) is 0 Å². The minimum atomic E-state index is 0.754. The average molecular weight is 389 g/mol. The molecule has 5 rings (SSSR count). The van der Waals surface area contributed by atoms with E-state index in [1.54, 1.807) is 11.3 Å². The first-order chi connectivity index (χ1) is 13.2. The Morgan fingerprint density at radius 3 is 2.44 bits per heavy atom. The van der Waals surface area contributed by atoms with Gasteiger partial charge < -0.3 is 0 Å². The Kier molecular flexibility index (Phi) is 4.00. The van der Waals surface area contributed by atoms with Crippen molar-refractivity contribution in [2.75, 3.05) is 0 Å². The normalized spacial score (nSPS) is 11.5. The van der Waals surface area contributed by atoms with Crippen LogP contribution in [0.5, 0.6) is 0 Å². The number of aryl methyl sites for hydroxylation is 1. The highest BCUT2D eigenvalue weighted by atomic mass is 35.5. The Hall–Kier alpha value is -2.62. The van der Waals surface area contributed by atoms with Crippen LogP contribution < -0.4 is 0 Å². The Balaban J connectivity index is 1.86. The minimum absolute atomic E-state index is 0.754. The molecule has 0 amide bonds. The van der Waals surface area contributed by atoms with E-state index in [9.17, 15) is 0 Å². The van der Waals surface area contributed by atoms with E-state index in [-0.39, 0.29) is 0 Å². The number of fused-ring (bicyclic) bond motifs is 3. The first kappa shape index (κ1) is 16.5. The van der Waals surface area contributed by atoms with E-state index in [2.05, 4.69) is 65.9 Å². The lowest BCUT2D eigenvalue weighted by Gasteiger charge is -2.07. The SMILES string of the molecule is CCc1ccc(-c2c(-c3ccccc3)nc3sc4cc(Cl)ccc4n23)cc1. The van der Waals surface area contributed by atoms with E-state index in [0.29, 0.717) is 0 Å². The fourth-order valence-electron chi connectivity index (χ4n) is 3.51. The van der Waals surface area contributed by atoms with Crippen LogP contribution in [-0.4, -0.2) is 9.38 Å². The molecule has 0 bridgehead atoms. The highest BCUT2D eigenvalue weighted by molar-refractivity contribution is 7.23. The topological polar surface area (TPSA) is 17.3 Å². The molecular formula is C23H17ClN2S. The molecule has 0 fully saturated rings. The third-order valence-corrected chi connectivity index (χ3v) is 6.13. The second-order valence-corrected chi connectivity index (χ2v) is 8.00. The summed E-state index contributed by atoms with van der Waals surface area (Å²) in [5.41, 5.74) is 6.93. The maximum atomic E-state index is 6.21. The molecule has 27 heavy (non-hydrogen) atoms. The van der Waals surface area contributed by atoms with Gasteiger partial charge in [-0.15, -0.1) is 0 Å². The monoisotopic (exact) mass is 388 g/mol. The number of rotatable bonds is 3. The van der Waals surface area contributed by atoms with E-state index in [4.69, 9.17) is 16.6 Å². The van der Waals surface area contributed by atoms with Gasteiger partial charge in [0.25, 0.3) is 0 Å². The molecule has 0 radical (unpaired) electrons. The van der Waals surface area contributed by atoms with Crippen LogP contribution >= 0.6 is 22.9 Å². The molecule has 0 spiro atoms. The van der Waals surface area contributed by atoms with Crippen LogP contribution in [-0.2, 0) is 6.42 Å². The molecule has 0 unspecified atom stereocenters. The van der Waals surface area contributed by atoms with Crippen LogP contribution in [0.15, 0.2) is 72.8 Å². The number of aromatic nitrogens is 2. The molecule has 4 heteroatoms. The molecule has 0 atom stereocenters. The predicted molar refractivity (Wildman–Crippen MR) is 116 cm³/mol. The molecule has 132 valence electrons. The summed E-state index contributed by atoms with van der Waals surface area (Å²) in [6.07, 6.45) is 1.04. The summed E-state index contributed by atoms with van der Waals surface area (Å²) in [5, 5.41) is 0.754. The summed E-state index contributed by atoms with van der Waals surface area (Å²) in [4.78, 5) is 5.99. The summed E-state index contributed by atoms with van der Waals surface area (Å²) in [5.74, 6) is 0. The number of hydrogen-bond acceptors (Lipinski definition) is 2. The second kappa shape index (κ2) is 6.52. The van der Waals surface area contributed by atoms with Gasteiger partial charge in [0.15, 0.2) is 4.96 Å². The molecule has 0 saturated carbocycles. The predicted octanol–water partition coefficient (Wildman–Crippen LogP) is 7.10. The summed E-state index contributed by atoms with van der Waals surface area (Å²) in [6, 6.07) is 25.3. The van der Waals surface area contributed by atoms with Gasteiger partial charge >= 0.3 is 0 Å². The molecule has 0 aliphatic rings. The Bertz CT molecular complexity index is 1250. The zero-order valence-electron chi connectivity index (χ0n) is 14.8. The van der Waals surface area contributed by atoms with Crippen LogP contribution in [0, 0.1) is 0 Å². The number of halogens is 1. The van der Waals surface area contributed by atoms with Gasteiger partial charge in [0, 0.05) is 16.1 Å². The lowest BCUT2D eigenvalue weighted by atomic mass is 10.0. The van der Waals surface area contributed by atoms with E-state index in [0.717, 1.165) is 43.6 Å². The van der Waals surface area contributed by atoms with Crippen LogP contribution in [0.4, 0.5) is 0 Å². The lowest BCUT2D eigenvalue weighted by molar-refractivity contribution is 1.14. The van der Waals surface area contributed by atoms with Crippen LogP contribution in [0.25, 0.3) is 37.7 Å². The third kappa shape index (κ3) is 2.75. The van der Waals surface area contributed by atoms with E-state index in [1.807, 2.05) is 18.2 Å². The van der Waals surface area contributed by atoms with Gasteiger partial charge in [0.2, 0.25) is 0 Å². The third-order valence-electron chi connectivity index (χ3n) is 4.89. The number of imidazole rings is 1. The molecule has 2 aromatic heterocycles. The first-order valence-electron chi connectivity index (χ1n) is 9.00. The number of hydrogen-bond donors (Lipinski definition) is 0. The average Bonchev–Trinajstić information content (AvgIpc) is 3.24. The maximum absolute atomic E-state index is 6.21. The minimum Gasteiger partial charge on any atom is -0.282 e. The van der Waals surface area contributed by atoms with Crippen molar-refractivity contribution in [2.45, 2.75) is 13.3 Å². The fraction of sp³-hybridized carbons (Fsp3) is 0.0870. The number of benzene rings is 3. The Morgan fingerprint density at radius 1 is 0.926 bits per heavy atom. The number of thiazole rings is 1. The fourth-order valence-corrected chi connectivity index (χ4v) is 4.81. The van der Waals surface area contributed by atoms with Gasteiger partial charge in [0.1, 0.15) is 0 Å². The maximum Gasteiger partial charge on any atom is 0.195 e. The van der Waals surface area contributed by atoms with Crippen molar-refractivity contribution >= 4 is 38.1 Å². The molecule has 2 heterocycles. The van der Waals surface area contributed by atoms with Crippen molar-refractivity contribution in [1.82, 2.24) is 9.38 Å². The van der Waals surface area contributed by atoms with Crippen LogP contribution in [0.2, 0.25) is 5.02 Å². The zero-order chi connectivity index (χ0) is 18.4. The molecule has 0 aliphatic carbocycles. The summed E-state index contributed by atoms with van der Waals surface area (Å²) >= 11 is 7.88. The van der Waals surface area contributed by atoms with Crippen molar-refractivity contribution in [3.8, 4) is 22.5 Å². The molecule has 0 aliphatic heterocycles. The summed E-state index contributed by atoms with van der Waals surface area (Å²) < 4.78 is 3.41. The van der Waals surface area contributed by atoms with Gasteiger partial charge in [-0.05, 0) is 30.2 Å². The van der Waals surface area contributed by atoms with Gasteiger partial charge in [-0.2, -0.15) is 0 Å². The number of nitrogens with zero attached hydrogens (tertiary/aromatic N) is 2. The summed E-state index contributed by atoms with van der Waals surface area (Å²) in [7, 11) is 0. The zero-order valence-corrected chi connectivity index (χ0v) is 16.4. The first-order valence-corrected chi connectivity index (χ1v) is 10.2. The Morgan fingerprint density at radius 2 is 1.70 bits per heavy atom.